The van der Waals surface area contributed by atoms with Gasteiger partial charge in [0.15, 0.2) is 0 Å². The summed E-state index contributed by atoms with van der Waals surface area (Å²) in [5.74, 6) is 0. The van der Waals surface area contributed by atoms with Crippen molar-refractivity contribution in [3.63, 3.8) is 0 Å². The highest BCUT2D eigenvalue weighted by Crippen LogP contribution is 2.13. The Morgan fingerprint density at radius 1 is 0.929 bits per heavy atom. The van der Waals surface area contributed by atoms with Crippen LogP contribution in [0.1, 0.15) is 23.1 Å². The van der Waals surface area contributed by atoms with Gasteiger partial charge < -0.3 is 5.11 Å². The number of rotatable bonds is 8. The molecule has 1 unspecified atom stereocenters. The Labute approximate surface area is 170 Å². The molecule has 1 heterocycles. The fraction of sp³-hybridized carbons (Fsp3) is 0.500. The van der Waals surface area contributed by atoms with Crippen molar-refractivity contribution >= 4 is 0 Å². The van der Waals surface area contributed by atoms with Crippen LogP contribution in [-0.4, -0.2) is 72.2 Å². The van der Waals surface area contributed by atoms with E-state index in [9.17, 15) is 5.11 Å². The molecule has 152 valence electrons. The fourth-order valence-electron chi connectivity index (χ4n) is 4.07. The van der Waals surface area contributed by atoms with Gasteiger partial charge in [-0.2, -0.15) is 0 Å². The minimum atomic E-state index is -0.309. The largest absolute Gasteiger partial charge is 0.390 e. The summed E-state index contributed by atoms with van der Waals surface area (Å²) in [4.78, 5) is 7.19. The Morgan fingerprint density at radius 2 is 1.61 bits per heavy atom. The van der Waals surface area contributed by atoms with Crippen molar-refractivity contribution in [1.29, 1.82) is 0 Å². The Hall–Kier alpha value is -1.72. The second-order valence-corrected chi connectivity index (χ2v) is 8.19. The molecule has 1 N–H and O–H groups in total. The smallest absolute Gasteiger partial charge is 0.0793 e. The van der Waals surface area contributed by atoms with Crippen molar-refractivity contribution in [2.45, 2.75) is 32.5 Å². The third-order valence-corrected chi connectivity index (χ3v) is 5.62. The number of β-amino-alcohol motifs (C(OH)–C–C–N with tert-alkyl or cyclic N) is 1. The molecule has 4 heteroatoms. The quantitative estimate of drug-likeness (QED) is 0.761. The number of aliphatic hydroxyl groups excluding tert-OH is 1. The average molecular weight is 382 g/mol. The Kier molecular flexibility index (Phi) is 8.04. The van der Waals surface area contributed by atoms with Gasteiger partial charge in [-0.3, -0.25) is 14.7 Å². The second kappa shape index (κ2) is 10.7. The molecule has 0 radical (unpaired) electrons. The zero-order valence-corrected chi connectivity index (χ0v) is 17.4. The van der Waals surface area contributed by atoms with Crippen molar-refractivity contribution in [2.24, 2.45) is 0 Å². The molecule has 0 amide bonds. The molecule has 4 nitrogen and oxygen atoms in total. The number of nitrogens with zero attached hydrogens (tertiary/aromatic N) is 3. The van der Waals surface area contributed by atoms with Crippen molar-refractivity contribution in [2.75, 3.05) is 46.3 Å². The molecule has 1 saturated heterocycles. The summed E-state index contributed by atoms with van der Waals surface area (Å²) in [6.45, 7) is 9.88. The van der Waals surface area contributed by atoms with Gasteiger partial charge in [0.1, 0.15) is 0 Å². The highest BCUT2D eigenvalue weighted by Gasteiger charge is 2.18. The molecule has 0 aliphatic carbocycles. The molecule has 0 aromatic heterocycles. The van der Waals surface area contributed by atoms with Gasteiger partial charge in [-0.25, -0.2) is 0 Å². The first-order valence-electron chi connectivity index (χ1n) is 10.5. The lowest BCUT2D eigenvalue weighted by Gasteiger charge is -2.27. The lowest BCUT2D eigenvalue weighted by molar-refractivity contribution is 0.0810. The Bertz CT molecular complexity index is 706. The van der Waals surface area contributed by atoms with E-state index < -0.39 is 0 Å². The second-order valence-electron chi connectivity index (χ2n) is 8.19. The number of aliphatic hydroxyl groups is 1. The maximum atomic E-state index is 10.6. The van der Waals surface area contributed by atoms with E-state index in [0.717, 1.165) is 45.8 Å². The number of aryl methyl sites for hydroxylation is 1. The van der Waals surface area contributed by atoms with Crippen LogP contribution in [0.15, 0.2) is 54.6 Å². The maximum Gasteiger partial charge on any atom is 0.0793 e. The molecule has 0 spiro atoms. The minimum absolute atomic E-state index is 0.309. The molecular weight excluding hydrogens is 346 g/mol. The van der Waals surface area contributed by atoms with E-state index in [4.69, 9.17) is 0 Å². The lowest BCUT2D eigenvalue weighted by Crippen LogP contribution is -2.40. The van der Waals surface area contributed by atoms with Crippen molar-refractivity contribution in [3.8, 4) is 0 Å². The molecule has 28 heavy (non-hydrogen) atoms. The topological polar surface area (TPSA) is 30.0 Å². The number of hydrogen-bond acceptors (Lipinski definition) is 4. The number of benzene rings is 2. The zero-order chi connectivity index (χ0) is 19.8. The molecule has 1 atom stereocenters. The van der Waals surface area contributed by atoms with Gasteiger partial charge in [0.05, 0.1) is 6.10 Å². The SMILES string of the molecule is Cc1ccccc1CN1CCCN(CC(O)CN(C)Cc2ccccc2)CC1. The third-order valence-electron chi connectivity index (χ3n) is 5.62. The van der Waals surface area contributed by atoms with Gasteiger partial charge in [-0.15, -0.1) is 0 Å². The van der Waals surface area contributed by atoms with E-state index >= 15 is 0 Å². The minimum Gasteiger partial charge on any atom is -0.390 e. The van der Waals surface area contributed by atoms with Crippen LogP contribution in [0.5, 0.6) is 0 Å². The molecule has 2 aromatic carbocycles. The van der Waals surface area contributed by atoms with E-state index in [0.29, 0.717) is 6.54 Å². The predicted molar refractivity (Wildman–Crippen MR) is 116 cm³/mol. The van der Waals surface area contributed by atoms with Crippen molar-refractivity contribution in [1.82, 2.24) is 14.7 Å². The summed E-state index contributed by atoms with van der Waals surface area (Å²) < 4.78 is 0. The molecule has 0 saturated carbocycles. The van der Waals surface area contributed by atoms with E-state index in [1.54, 1.807) is 0 Å². The van der Waals surface area contributed by atoms with E-state index in [-0.39, 0.29) is 6.10 Å². The molecular formula is C24H35N3O. The molecule has 2 aromatic rings. The summed E-state index contributed by atoms with van der Waals surface area (Å²) >= 11 is 0. The maximum absolute atomic E-state index is 10.6. The molecule has 1 fully saturated rings. The van der Waals surface area contributed by atoms with Crippen LogP contribution in [0, 0.1) is 6.92 Å². The Morgan fingerprint density at radius 3 is 2.39 bits per heavy atom. The van der Waals surface area contributed by atoms with Crippen LogP contribution < -0.4 is 0 Å². The third kappa shape index (κ3) is 6.71. The zero-order valence-electron chi connectivity index (χ0n) is 17.4. The molecule has 1 aliphatic rings. The van der Waals surface area contributed by atoms with Gasteiger partial charge in [0, 0.05) is 39.3 Å². The van der Waals surface area contributed by atoms with Crippen LogP contribution in [0.2, 0.25) is 0 Å². The Balaban J connectivity index is 1.42. The van der Waals surface area contributed by atoms with Crippen LogP contribution in [0.4, 0.5) is 0 Å². The van der Waals surface area contributed by atoms with E-state index in [2.05, 4.69) is 77.2 Å². The van der Waals surface area contributed by atoms with Crippen LogP contribution in [0.3, 0.4) is 0 Å². The summed E-state index contributed by atoms with van der Waals surface area (Å²) in [5.41, 5.74) is 4.10. The van der Waals surface area contributed by atoms with E-state index in [1.165, 1.54) is 23.1 Å². The average Bonchev–Trinajstić information content (AvgIpc) is 2.89. The normalized spacial score (nSPS) is 17.6. The first-order chi connectivity index (χ1) is 13.6. The lowest BCUT2D eigenvalue weighted by atomic mass is 10.1. The summed E-state index contributed by atoms with van der Waals surface area (Å²) in [6.07, 6.45) is 0.856. The molecule has 0 bridgehead atoms. The van der Waals surface area contributed by atoms with Gasteiger partial charge in [-0.05, 0) is 50.2 Å². The summed E-state index contributed by atoms with van der Waals surface area (Å²) in [6, 6.07) is 19.1. The fourth-order valence-corrected chi connectivity index (χ4v) is 4.07. The first kappa shape index (κ1) is 21.0. The van der Waals surface area contributed by atoms with Crippen LogP contribution in [0.25, 0.3) is 0 Å². The van der Waals surface area contributed by atoms with E-state index in [1.807, 2.05) is 6.07 Å². The van der Waals surface area contributed by atoms with Crippen LogP contribution in [-0.2, 0) is 13.1 Å². The molecule has 3 rings (SSSR count). The monoisotopic (exact) mass is 381 g/mol. The van der Waals surface area contributed by atoms with Gasteiger partial charge >= 0.3 is 0 Å². The van der Waals surface area contributed by atoms with Gasteiger partial charge in [-0.1, -0.05) is 54.6 Å². The van der Waals surface area contributed by atoms with Crippen LogP contribution >= 0.6 is 0 Å². The number of hydrogen-bond donors (Lipinski definition) is 1. The highest BCUT2D eigenvalue weighted by molar-refractivity contribution is 5.25. The first-order valence-corrected chi connectivity index (χ1v) is 10.5. The predicted octanol–water partition coefficient (Wildman–Crippen LogP) is 3.00. The molecule has 1 aliphatic heterocycles. The number of likely N-dealkylation sites (N-methyl/N-ethyl adjacent to an activating group) is 1. The van der Waals surface area contributed by atoms with Gasteiger partial charge in [0.25, 0.3) is 0 Å². The summed E-state index contributed by atoms with van der Waals surface area (Å²) in [5, 5.41) is 10.6. The standard InChI is InChI=1S/C24H35N3O/c1-21-9-6-7-12-23(21)18-26-13-8-14-27(16-15-26)20-24(28)19-25(2)17-22-10-4-3-5-11-22/h3-7,9-12,24,28H,8,13-20H2,1-2H3. The van der Waals surface area contributed by atoms with Gasteiger partial charge in [0.2, 0.25) is 0 Å². The highest BCUT2D eigenvalue weighted by atomic mass is 16.3. The van der Waals surface area contributed by atoms with Crippen molar-refractivity contribution < 1.29 is 5.11 Å². The van der Waals surface area contributed by atoms with Crippen molar-refractivity contribution in [3.05, 3.63) is 71.3 Å². The summed E-state index contributed by atoms with van der Waals surface area (Å²) in [7, 11) is 2.09.